The molecule has 3 rings (SSSR count). The highest BCUT2D eigenvalue weighted by Gasteiger charge is 2.38. The number of benzene rings is 1. The van der Waals surface area contributed by atoms with Crippen molar-refractivity contribution in [1.82, 2.24) is 10.2 Å². The Hall–Kier alpha value is -2.24. The average molecular weight is 346 g/mol. The van der Waals surface area contributed by atoms with Crippen LogP contribution < -0.4 is 14.8 Å². The van der Waals surface area contributed by atoms with Gasteiger partial charge in [0.25, 0.3) is 0 Å². The summed E-state index contributed by atoms with van der Waals surface area (Å²) in [5.41, 5.74) is 0.854. The summed E-state index contributed by atoms with van der Waals surface area (Å²) < 4.78 is 10.7. The largest absolute Gasteiger partial charge is 0.493 e. The normalized spacial score (nSPS) is 20.8. The summed E-state index contributed by atoms with van der Waals surface area (Å²) in [7, 11) is 3.17. The zero-order chi connectivity index (χ0) is 17.8. The molecule has 1 unspecified atom stereocenters. The van der Waals surface area contributed by atoms with Gasteiger partial charge in [0.1, 0.15) is 0 Å². The van der Waals surface area contributed by atoms with Crippen molar-refractivity contribution in [1.29, 1.82) is 0 Å². The van der Waals surface area contributed by atoms with Gasteiger partial charge in [0.2, 0.25) is 11.8 Å². The van der Waals surface area contributed by atoms with Crippen molar-refractivity contribution in [2.75, 3.05) is 20.8 Å². The van der Waals surface area contributed by atoms with Gasteiger partial charge in [-0.3, -0.25) is 9.59 Å². The fraction of sp³-hybridized carbons (Fsp3) is 0.579. The Labute approximate surface area is 148 Å². The van der Waals surface area contributed by atoms with E-state index in [0.717, 1.165) is 18.4 Å². The van der Waals surface area contributed by atoms with Gasteiger partial charge in [-0.15, -0.1) is 0 Å². The van der Waals surface area contributed by atoms with Crippen molar-refractivity contribution < 1.29 is 19.1 Å². The molecule has 0 radical (unpaired) electrons. The van der Waals surface area contributed by atoms with E-state index in [2.05, 4.69) is 5.32 Å². The van der Waals surface area contributed by atoms with E-state index in [1.54, 1.807) is 14.2 Å². The van der Waals surface area contributed by atoms with Crippen LogP contribution in [0.4, 0.5) is 0 Å². The monoisotopic (exact) mass is 346 g/mol. The van der Waals surface area contributed by atoms with Crippen LogP contribution in [-0.4, -0.2) is 43.5 Å². The molecule has 1 saturated carbocycles. The second kappa shape index (κ2) is 7.76. The zero-order valence-corrected chi connectivity index (χ0v) is 14.9. The van der Waals surface area contributed by atoms with E-state index in [-0.39, 0.29) is 17.7 Å². The standard InChI is InChI=1S/C19H26N2O4/c1-24-16-9-5-6-13(18(16)25-2)11-20-19(23)14-10-17(22)21(12-14)15-7-3-4-8-15/h5-6,9,14-15H,3-4,7-8,10-12H2,1-2H3,(H,20,23). The Balaban J connectivity index is 1.59. The third kappa shape index (κ3) is 3.72. The molecule has 1 heterocycles. The number of likely N-dealkylation sites (tertiary alicyclic amines) is 1. The number of para-hydroxylation sites is 1. The fourth-order valence-corrected chi connectivity index (χ4v) is 3.90. The summed E-state index contributed by atoms with van der Waals surface area (Å²) in [5.74, 6) is 1.05. The summed E-state index contributed by atoms with van der Waals surface area (Å²) in [5, 5.41) is 2.95. The molecule has 1 aliphatic heterocycles. The Kier molecular flexibility index (Phi) is 5.46. The molecule has 1 aromatic rings. The van der Waals surface area contributed by atoms with Crippen molar-refractivity contribution in [3.05, 3.63) is 23.8 Å². The summed E-state index contributed by atoms with van der Waals surface area (Å²) in [6.07, 6.45) is 4.82. The highest BCUT2D eigenvalue weighted by molar-refractivity contribution is 5.89. The zero-order valence-electron chi connectivity index (χ0n) is 14.9. The molecule has 25 heavy (non-hydrogen) atoms. The maximum Gasteiger partial charge on any atom is 0.225 e. The molecule has 136 valence electrons. The number of methoxy groups -OCH3 is 2. The van der Waals surface area contributed by atoms with Crippen LogP contribution in [0.2, 0.25) is 0 Å². The highest BCUT2D eigenvalue weighted by atomic mass is 16.5. The van der Waals surface area contributed by atoms with E-state index in [0.29, 0.717) is 37.1 Å². The molecule has 2 amide bonds. The van der Waals surface area contributed by atoms with Gasteiger partial charge in [-0.25, -0.2) is 0 Å². The Morgan fingerprint density at radius 3 is 2.68 bits per heavy atom. The lowest BCUT2D eigenvalue weighted by molar-refractivity contribution is -0.130. The lowest BCUT2D eigenvalue weighted by Gasteiger charge is -2.23. The summed E-state index contributed by atoms with van der Waals surface area (Å²) in [4.78, 5) is 26.7. The first kappa shape index (κ1) is 17.6. The van der Waals surface area contributed by atoms with Crippen LogP contribution in [0.25, 0.3) is 0 Å². The SMILES string of the molecule is COc1cccc(CNC(=O)C2CC(=O)N(C3CCCC3)C2)c1OC. The molecule has 1 aliphatic carbocycles. The van der Waals surface area contributed by atoms with Crippen LogP contribution in [0.5, 0.6) is 11.5 Å². The lowest BCUT2D eigenvalue weighted by Crippen LogP contribution is -2.36. The quantitative estimate of drug-likeness (QED) is 0.857. The molecule has 2 fully saturated rings. The van der Waals surface area contributed by atoms with Crippen LogP contribution >= 0.6 is 0 Å². The van der Waals surface area contributed by atoms with Gasteiger partial charge in [-0.2, -0.15) is 0 Å². The number of ether oxygens (including phenoxy) is 2. The maximum atomic E-state index is 12.5. The molecule has 1 atom stereocenters. The van der Waals surface area contributed by atoms with Gasteiger partial charge in [-0.1, -0.05) is 25.0 Å². The molecular weight excluding hydrogens is 320 g/mol. The van der Waals surface area contributed by atoms with Crippen molar-refractivity contribution in [3.63, 3.8) is 0 Å². The van der Waals surface area contributed by atoms with Crippen molar-refractivity contribution in [3.8, 4) is 11.5 Å². The molecule has 2 aliphatic rings. The second-order valence-corrected chi connectivity index (χ2v) is 6.76. The molecule has 1 N–H and O–H groups in total. The predicted molar refractivity (Wildman–Crippen MR) is 93.5 cm³/mol. The van der Waals surface area contributed by atoms with Crippen LogP contribution in [-0.2, 0) is 16.1 Å². The molecule has 6 heteroatoms. The summed E-state index contributed by atoms with van der Waals surface area (Å²) >= 11 is 0. The van der Waals surface area contributed by atoms with Crippen LogP contribution in [0.15, 0.2) is 18.2 Å². The van der Waals surface area contributed by atoms with E-state index < -0.39 is 0 Å². The number of rotatable bonds is 6. The molecular formula is C19H26N2O4. The van der Waals surface area contributed by atoms with E-state index in [1.807, 2.05) is 23.1 Å². The number of nitrogens with one attached hydrogen (secondary N) is 1. The Morgan fingerprint density at radius 1 is 1.24 bits per heavy atom. The van der Waals surface area contributed by atoms with E-state index >= 15 is 0 Å². The number of hydrogen-bond acceptors (Lipinski definition) is 4. The first-order valence-corrected chi connectivity index (χ1v) is 8.91. The van der Waals surface area contributed by atoms with Crippen LogP contribution in [0.3, 0.4) is 0 Å². The number of nitrogens with zero attached hydrogens (tertiary/aromatic N) is 1. The highest BCUT2D eigenvalue weighted by Crippen LogP contribution is 2.31. The number of carbonyl (C=O) groups excluding carboxylic acids is 2. The molecule has 0 spiro atoms. The molecule has 1 saturated heterocycles. The van der Waals surface area contributed by atoms with E-state index in [4.69, 9.17) is 9.47 Å². The first-order chi connectivity index (χ1) is 12.1. The van der Waals surface area contributed by atoms with Crippen LogP contribution in [0.1, 0.15) is 37.7 Å². The second-order valence-electron chi connectivity index (χ2n) is 6.76. The lowest BCUT2D eigenvalue weighted by atomic mass is 10.1. The topological polar surface area (TPSA) is 67.9 Å². The van der Waals surface area contributed by atoms with Crippen molar-refractivity contribution in [2.45, 2.75) is 44.7 Å². The third-order valence-electron chi connectivity index (χ3n) is 5.23. The van der Waals surface area contributed by atoms with E-state index in [1.165, 1.54) is 12.8 Å². The smallest absolute Gasteiger partial charge is 0.225 e. The fourth-order valence-electron chi connectivity index (χ4n) is 3.90. The Bertz CT molecular complexity index is 640. The summed E-state index contributed by atoms with van der Waals surface area (Å²) in [6.45, 7) is 0.901. The number of amides is 2. The first-order valence-electron chi connectivity index (χ1n) is 8.91. The Morgan fingerprint density at radius 2 is 2.00 bits per heavy atom. The minimum Gasteiger partial charge on any atom is -0.493 e. The molecule has 0 aromatic heterocycles. The average Bonchev–Trinajstić information content (AvgIpc) is 3.28. The van der Waals surface area contributed by atoms with Crippen molar-refractivity contribution in [2.24, 2.45) is 5.92 Å². The minimum atomic E-state index is -0.260. The molecule has 6 nitrogen and oxygen atoms in total. The van der Waals surface area contributed by atoms with Crippen LogP contribution in [0, 0.1) is 5.92 Å². The van der Waals surface area contributed by atoms with E-state index in [9.17, 15) is 9.59 Å². The van der Waals surface area contributed by atoms with Crippen molar-refractivity contribution >= 4 is 11.8 Å². The molecule has 0 bridgehead atoms. The maximum absolute atomic E-state index is 12.5. The minimum absolute atomic E-state index is 0.0706. The van der Waals surface area contributed by atoms with Gasteiger partial charge in [0.05, 0.1) is 20.1 Å². The van der Waals surface area contributed by atoms with Gasteiger partial charge in [0, 0.05) is 31.1 Å². The van der Waals surface area contributed by atoms with Gasteiger partial charge in [-0.05, 0) is 18.9 Å². The number of hydrogen-bond donors (Lipinski definition) is 1. The third-order valence-corrected chi connectivity index (χ3v) is 5.23. The van der Waals surface area contributed by atoms with Gasteiger partial charge in [0.15, 0.2) is 11.5 Å². The number of carbonyl (C=O) groups is 2. The summed E-state index contributed by atoms with van der Waals surface area (Å²) in [6, 6.07) is 5.92. The molecule has 1 aromatic carbocycles. The predicted octanol–water partition coefficient (Wildman–Crippen LogP) is 2.11. The van der Waals surface area contributed by atoms with Gasteiger partial charge < -0.3 is 19.7 Å². The van der Waals surface area contributed by atoms with Gasteiger partial charge >= 0.3 is 0 Å².